The molecule has 4 aromatic carbocycles. The van der Waals surface area contributed by atoms with Gasteiger partial charge in [-0.15, -0.1) is 0 Å². The number of carbonyl (C=O) groups excluding carboxylic acids is 2. The van der Waals surface area contributed by atoms with Gasteiger partial charge in [0.25, 0.3) is 0 Å². The zero-order valence-corrected chi connectivity index (χ0v) is 39.7. The van der Waals surface area contributed by atoms with Gasteiger partial charge in [0.1, 0.15) is 17.8 Å². The second-order valence-corrected chi connectivity index (χ2v) is 17.2. The van der Waals surface area contributed by atoms with Crippen LogP contribution in [0, 0.1) is 0 Å². The van der Waals surface area contributed by atoms with Gasteiger partial charge in [-0.05, 0) is 150 Å². The summed E-state index contributed by atoms with van der Waals surface area (Å²) in [6, 6.07) is 27.8. The van der Waals surface area contributed by atoms with Gasteiger partial charge in [0.15, 0.2) is 0 Å². The normalized spacial score (nSPS) is 18.3. The molecular formula is C51H61F3N6O10. The Morgan fingerprint density at radius 1 is 0.700 bits per heavy atom. The van der Waals surface area contributed by atoms with Crippen molar-refractivity contribution in [3.63, 3.8) is 0 Å². The summed E-state index contributed by atoms with van der Waals surface area (Å²) in [6.07, 6.45) is 7.75. The van der Waals surface area contributed by atoms with Gasteiger partial charge in [0, 0.05) is 47.7 Å². The zero-order chi connectivity index (χ0) is 51.5. The van der Waals surface area contributed by atoms with Crippen LogP contribution in [0.1, 0.15) is 97.1 Å². The minimum atomic E-state index is -5.08. The topological polar surface area (TPSA) is 227 Å². The number of nitrogens with zero attached hydrogens (tertiary/aromatic N) is 4. The molecule has 3 heterocycles. The van der Waals surface area contributed by atoms with Crippen LogP contribution in [0.5, 0.6) is 11.5 Å². The number of imidazole rings is 1. The standard InChI is InChI=1S/C23H28N2O4.C19H25N3O2.C7H7NO2.C2HF3O2/c1-3-23(13-4-5-14-25(2)16-23)18-7-6-8-20(15-18)29-22(28)24-19-11-9-17(10-12-19)21(26)27;1-3-19(9-4-5-11-21(2)14-19)16-7-6-8-17(13-16)24-18(23)22-12-10-20-15-22;8-6-3-1-5(2-4-6)7(9)10;3-2(4,5)1(6)7/h6-12,15H,3-5,13-14,16H2,1-2H3,(H,24,28)(H,26,27);6-8,10,12-13,15H,3-5,9,11,14H2,1-2H3;1-4H,8H2,(H,9,10);(H,6,7). The van der Waals surface area contributed by atoms with Crippen molar-refractivity contribution in [2.75, 3.05) is 51.3 Å². The van der Waals surface area contributed by atoms with Crippen LogP contribution in [-0.4, -0.2) is 111 Å². The molecule has 70 heavy (non-hydrogen) atoms. The predicted octanol–water partition coefficient (Wildman–Crippen LogP) is 10.1. The van der Waals surface area contributed by atoms with E-state index in [2.05, 4.69) is 60.2 Å². The van der Waals surface area contributed by atoms with Crippen LogP contribution in [0.25, 0.3) is 0 Å². The van der Waals surface area contributed by atoms with Crippen molar-refractivity contribution in [3.8, 4) is 11.5 Å². The lowest BCUT2D eigenvalue weighted by atomic mass is 9.74. The van der Waals surface area contributed by atoms with Crippen LogP contribution >= 0.6 is 0 Å². The molecule has 2 fully saturated rings. The van der Waals surface area contributed by atoms with Crippen LogP contribution in [0.2, 0.25) is 0 Å². The number of nitrogen functional groups attached to an aromatic ring is 1. The highest BCUT2D eigenvalue weighted by atomic mass is 19.4. The number of aromatic nitrogens is 2. The first-order valence-electron chi connectivity index (χ1n) is 22.7. The molecule has 376 valence electrons. The number of amides is 1. The van der Waals surface area contributed by atoms with E-state index in [4.69, 9.17) is 35.3 Å². The molecule has 2 aliphatic heterocycles. The molecule has 0 spiro atoms. The maximum Gasteiger partial charge on any atom is 0.490 e. The second kappa shape index (κ2) is 25.9. The molecule has 0 saturated carbocycles. The van der Waals surface area contributed by atoms with Crippen LogP contribution in [0.3, 0.4) is 0 Å². The number of nitrogens with two attached hydrogens (primary N) is 1. The molecule has 2 aliphatic rings. The van der Waals surface area contributed by atoms with E-state index in [0.29, 0.717) is 22.9 Å². The molecule has 2 saturated heterocycles. The number of benzene rings is 4. The number of carbonyl (C=O) groups is 5. The van der Waals surface area contributed by atoms with Crippen molar-refractivity contribution < 1.29 is 61.9 Å². The average molecular weight is 975 g/mol. The fourth-order valence-corrected chi connectivity index (χ4v) is 8.37. The highest BCUT2D eigenvalue weighted by Crippen LogP contribution is 2.39. The summed E-state index contributed by atoms with van der Waals surface area (Å²) in [6.45, 7) is 8.78. The number of ether oxygens (including phenoxy) is 2. The van der Waals surface area contributed by atoms with E-state index in [0.717, 1.165) is 45.4 Å². The molecule has 2 atom stereocenters. The quantitative estimate of drug-likeness (QED) is 0.0867. The SMILES string of the molecule is CCC1(c2cccc(OC(=O)Nc3ccc(C(=O)O)cc3)c2)CCCCN(C)C1.CCC1(c2cccc(OC(=O)n3ccnc3)c2)CCCCN(C)C1.Nc1ccc(C(=O)O)cc1.O=C(O)C(F)(F)F. The van der Waals surface area contributed by atoms with Gasteiger partial charge in [-0.25, -0.2) is 33.5 Å². The van der Waals surface area contributed by atoms with Gasteiger partial charge in [0.05, 0.1) is 11.1 Å². The van der Waals surface area contributed by atoms with E-state index in [9.17, 15) is 32.3 Å². The number of hydrogen-bond donors (Lipinski definition) is 5. The van der Waals surface area contributed by atoms with Crippen molar-refractivity contribution in [2.45, 2.75) is 82.2 Å². The summed E-state index contributed by atoms with van der Waals surface area (Å²) >= 11 is 0. The number of halogens is 3. The number of carboxylic acids is 3. The number of alkyl halides is 3. The molecule has 1 aromatic heterocycles. The van der Waals surface area contributed by atoms with Gasteiger partial charge < -0.3 is 40.3 Å². The number of nitrogens with one attached hydrogen (secondary N) is 1. The first-order chi connectivity index (χ1) is 33.2. The Morgan fingerprint density at radius 3 is 1.57 bits per heavy atom. The molecule has 6 N–H and O–H groups in total. The third-order valence-corrected chi connectivity index (χ3v) is 12.2. The Kier molecular flexibility index (Phi) is 20.5. The minimum absolute atomic E-state index is 0.0633. The number of anilines is 2. The first-order valence-corrected chi connectivity index (χ1v) is 22.7. The summed E-state index contributed by atoms with van der Waals surface area (Å²) in [5.41, 5.74) is 9.46. The Balaban J connectivity index is 0.000000231. The van der Waals surface area contributed by atoms with E-state index in [-0.39, 0.29) is 22.0 Å². The summed E-state index contributed by atoms with van der Waals surface area (Å²) in [5, 5.41) is 27.1. The van der Waals surface area contributed by atoms with Gasteiger partial charge in [0.2, 0.25) is 0 Å². The number of carboxylic acid groups (broad SMARTS) is 3. The van der Waals surface area contributed by atoms with Crippen LogP contribution in [0.15, 0.2) is 116 Å². The fraction of sp³-hybridized carbons (Fsp3) is 0.373. The molecule has 7 rings (SSSR count). The number of hydrogen-bond acceptors (Lipinski definition) is 11. The summed E-state index contributed by atoms with van der Waals surface area (Å²) < 4.78 is 44.1. The largest absolute Gasteiger partial charge is 0.490 e. The van der Waals surface area contributed by atoms with Gasteiger partial charge in [-0.2, -0.15) is 13.2 Å². The molecule has 5 aromatic rings. The number of aromatic carboxylic acids is 2. The Labute approximate surface area is 404 Å². The van der Waals surface area contributed by atoms with Crippen molar-refractivity contribution in [2.24, 2.45) is 0 Å². The van der Waals surface area contributed by atoms with Gasteiger partial charge in [-0.3, -0.25) is 5.32 Å². The molecule has 0 aliphatic carbocycles. The van der Waals surface area contributed by atoms with E-state index >= 15 is 0 Å². The summed E-state index contributed by atoms with van der Waals surface area (Å²) in [7, 11) is 4.36. The highest BCUT2D eigenvalue weighted by molar-refractivity contribution is 5.90. The van der Waals surface area contributed by atoms with Gasteiger partial charge in [-0.1, -0.05) is 51.0 Å². The maximum atomic E-state index is 12.3. The minimum Gasteiger partial charge on any atom is -0.478 e. The Morgan fingerprint density at radius 2 is 1.16 bits per heavy atom. The lowest BCUT2D eigenvalue weighted by Crippen LogP contribution is -2.37. The third-order valence-electron chi connectivity index (χ3n) is 12.2. The lowest BCUT2D eigenvalue weighted by Gasteiger charge is -2.35. The molecule has 0 radical (unpaired) electrons. The zero-order valence-electron chi connectivity index (χ0n) is 39.7. The number of likely N-dealkylation sites (tertiary alicyclic amines) is 2. The molecular weight excluding hydrogens is 914 g/mol. The Hall–Kier alpha value is -7.25. The first kappa shape index (κ1) is 55.3. The van der Waals surface area contributed by atoms with Crippen LogP contribution in [0.4, 0.5) is 34.1 Å². The molecule has 16 nitrogen and oxygen atoms in total. The predicted molar refractivity (Wildman–Crippen MR) is 258 cm³/mol. The van der Waals surface area contributed by atoms with E-state index in [1.165, 1.54) is 90.5 Å². The molecule has 2 unspecified atom stereocenters. The fourth-order valence-electron chi connectivity index (χ4n) is 8.37. The third kappa shape index (κ3) is 16.8. The summed E-state index contributed by atoms with van der Waals surface area (Å²) in [5.74, 6) is -3.61. The molecule has 19 heteroatoms. The van der Waals surface area contributed by atoms with E-state index < -0.39 is 36.3 Å². The van der Waals surface area contributed by atoms with Crippen molar-refractivity contribution in [1.29, 1.82) is 0 Å². The number of likely N-dealkylation sites (N-methyl/N-ethyl adjacent to an activating group) is 2. The Bertz CT molecular complexity index is 2490. The molecule has 0 bridgehead atoms. The van der Waals surface area contributed by atoms with Crippen molar-refractivity contribution in [1.82, 2.24) is 19.4 Å². The highest BCUT2D eigenvalue weighted by Gasteiger charge is 2.38. The number of rotatable bonds is 9. The summed E-state index contributed by atoms with van der Waals surface area (Å²) in [4.78, 5) is 63.2. The average Bonchev–Trinajstić information content (AvgIpc) is 3.71. The van der Waals surface area contributed by atoms with E-state index in [1.807, 2.05) is 30.3 Å². The van der Waals surface area contributed by atoms with E-state index in [1.54, 1.807) is 30.6 Å². The lowest BCUT2D eigenvalue weighted by molar-refractivity contribution is -0.192. The number of aliphatic carboxylic acids is 1. The monoisotopic (exact) mass is 974 g/mol. The maximum absolute atomic E-state index is 12.3. The second-order valence-electron chi connectivity index (χ2n) is 17.2. The van der Waals surface area contributed by atoms with Crippen molar-refractivity contribution in [3.05, 3.63) is 138 Å². The van der Waals surface area contributed by atoms with Crippen LogP contribution < -0.4 is 20.5 Å². The molecule has 1 amide bonds. The van der Waals surface area contributed by atoms with Crippen molar-refractivity contribution >= 4 is 41.5 Å². The smallest absolute Gasteiger partial charge is 0.478 e. The van der Waals surface area contributed by atoms with Gasteiger partial charge >= 0.3 is 36.3 Å². The van der Waals surface area contributed by atoms with Crippen LogP contribution in [-0.2, 0) is 15.6 Å².